The number of amides is 2. The van der Waals surface area contributed by atoms with Crippen molar-refractivity contribution in [1.29, 1.82) is 0 Å². The Morgan fingerprint density at radius 3 is 2.90 bits per heavy atom. The van der Waals surface area contributed by atoms with Gasteiger partial charge in [-0.05, 0) is 17.7 Å². The number of anilines is 1. The first-order valence-electron chi connectivity index (χ1n) is 9.67. The highest BCUT2D eigenvalue weighted by atomic mass is 16.5. The third kappa shape index (κ3) is 3.61. The molecule has 0 saturated heterocycles. The third-order valence-electron chi connectivity index (χ3n) is 5.10. The number of carbonyl (C=O) groups is 2. The maximum Gasteiger partial charge on any atom is 0.293 e. The largest absolute Gasteiger partial charge is 0.489 e. The second-order valence-electron chi connectivity index (χ2n) is 7.19. The van der Waals surface area contributed by atoms with Crippen LogP contribution >= 0.6 is 0 Å². The molecular formula is C22H18N4O5. The van der Waals surface area contributed by atoms with Crippen LogP contribution in [0, 0.1) is 0 Å². The Hall–Kier alpha value is -4.14. The lowest BCUT2D eigenvalue weighted by molar-refractivity contribution is -0.120. The molecule has 2 aromatic heterocycles. The van der Waals surface area contributed by atoms with E-state index in [4.69, 9.17) is 13.7 Å². The van der Waals surface area contributed by atoms with Crippen LogP contribution in [0.2, 0.25) is 0 Å². The van der Waals surface area contributed by atoms with Gasteiger partial charge in [-0.2, -0.15) is 4.98 Å². The molecular weight excluding hydrogens is 400 g/mol. The van der Waals surface area contributed by atoms with Crippen LogP contribution in [0.1, 0.15) is 22.1 Å². The second-order valence-corrected chi connectivity index (χ2v) is 7.19. The van der Waals surface area contributed by atoms with Gasteiger partial charge < -0.3 is 23.9 Å². The van der Waals surface area contributed by atoms with Crippen LogP contribution in [-0.4, -0.2) is 41.7 Å². The minimum Gasteiger partial charge on any atom is -0.489 e. The normalized spacial score (nSPS) is 16.0. The van der Waals surface area contributed by atoms with Gasteiger partial charge in [0, 0.05) is 18.5 Å². The lowest BCUT2D eigenvalue weighted by Crippen LogP contribution is -2.49. The van der Waals surface area contributed by atoms with Crippen molar-refractivity contribution in [1.82, 2.24) is 15.5 Å². The minimum absolute atomic E-state index is 0.0388. The zero-order chi connectivity index (χ0) is 21.4. The Morgan fingerprint density at radius 2 is 2.06 bits per heavy atom. The molecule has 0 aliphatic carbocycles. The number of benzene rings is 2. The molecule has 2 aromatic carbocycles. The summed E-state index contributed by atoms with van der Waals surface area (Å²) in [7, 11) is 1.63. The van der Waals surface area contributed by atoms with Crippen LogP contribution in [0.5, 0.6) is 5.75 Å². The van der Waals surface area contributed by atoms with E-state index in [1.54, 1.807) is 25.4 Å². The number of furan rings is 1. The van der Waals surface area contributed by atoms with E-state index in [1.807, 2.05) is 36.4 Å². The molecule has 5 rings (SSSR count). The molecule has 0 fully saturated rings. The topological polar surface area (TPSA) is 111 Å². The van der Waals surface area contributed by atoms with Gasteiger partial charge in [0.1, 0.15) is 24.0 Å². The summed E-state index contributed by atoms with van der Waals surface area (Å²) in [6.07, 6.45) is 1.98. The molecule has 1 aliphatic heterocycles. The highest BCUT2D eigenvalue weighted by Crippen LogP contribution is 2.35. The van der Waals surface area contributed by atoms with Gasteiger partial charge in [0.2, 0.25) is 5.89 Å². The third-order valence-corrected chi connectivity index (χ3v) is 5.10. The van der Waals surface area contributed by atoms with Crippen LogP contribution in [0.25, 0.3) is 11.0 Å². The van der Waals surface area contributed by atoms with E-state index in [-0.39, 0.29) is 18.3 Å². The van der Waals surface area contributed by atoms with Crippen molar-refractivity contribution in [3.8, 4) is 5.75 Å². The molecule has 0 bridgehead atoms. The minimum atomic E-state index is -0.910. The van der Waals surface area contributed by atoms with Gasteiger partial charge in [-0.3, -0.25) is 9.59 Å². The van der Waals surface area contributed by atoms with Gasteiger partial charge in [0.05, 0.1) is 18.4 Å². The van der Waals surface area contributed by atoms with Gasteiger partial charge in [0.25, 0.3) is 17.6 Å². The van der Waals surface area contributed by atoms with E-state index in [1.165, 1.54) is 4.90 Å². The Morgan fingerprint density at radius 1 is 1.23 bits per heavy atom. The lowest BCUT2D eigenvalue weighted by atomic mass is 10.1. The summed E-state index contributed by atoms with van der Waals surface area (Å²) >= 11 is 0. The summed E-state index contributed by atoms with van der Waals surface area (Å²) in [6.45, 7) is -0.0388. The van der Waals surface area contributed by atoms with Gasteiger partial charge in [0.15, 0.2) is 0 Å². The molecule has 0 unspecified atom stereocenters. The second kappa shape index (κ2) is 7.60. The molecule has 1 aliphatic rings. The number of likely N-dealkylation sites (N-methyl/N-ethyl adjacent to an activating group) is 1. The predicted molar refractivity (Wildman–Crippen MR) is 110 cm³/mol. The number of nitrogens with one attached hydrogen (secondary N) is 1. The number of carbonyl (C=O) groups excluding carboxylic acids is 2. The number of rotatable bonds is 4. The van der Waals surface area contributed by atoms with Crippen LogP contribution < -0.4 is 15.0 Å². The summed E-state index contributed by atoms with van der Waals surface area (Å²) in [6, 6.07) is 14.0. The first-order chi connectivity index (χ1) is 15.1. The zero-order valence-corrected chi connectivity index (χ0v) is 16.6. The van der Waals surface area contributed by atoms with E-state index < -0.39 is 11.9 Å². The summed E-state index contributed by atoms with van der Waals surface area (Å²) < 4.78 is 16.4. The molecule has 3 heterocycles. The first-order valence-corrected chi connectivity index (χ1v) is 9.67. The van der Waals surface area contributed by atoms with E-state index in [2.05, 4.69) is 15.5 Å². The fourth-order valence-corrected chi connectivity index (χ4v) is 3.47. The Labute approximate surface area is 176 Å². The number of fused-ring (bicyclic) bond motifs is 2. The van der Waals surface area contributed by atoms with Crippen LogP contribution in [0.4, 0.5) is 5.69 Å². The number of hydrogen-bond acceptors (Lipinski definition) is 7. The van der Waals surface area contributed by atoms with Crippen molar-refractivity contribution in [3.63, 3.8) is 0 Å². The summed E-state index contributed by atoms with van der Waals surface area (Å²) in [5, 5.41) is 7.23. The van der Waals surface area contributed by atoms with Crippen molar-refractivity contribution >= 4 is 28.5 Å². The van der Waals surface area contributed by atoms with Crippen LogP contribution in [-0.2, 0) is 11.2 Å². The van der Waals surface area contributed by atoms with Crippen molar-refractivity contribution in [2.45, 2.75) is 12.5 Å². The fraction of sp³-hybridized carbons (Fsp3) is 0.182. The van der Waals surface area contributed by atoms with E-state index >= 15 is 0 Å². The summed E-state index contributed by atoms with van der Waals surface area (Å²) in [5.41, 5.74) is 2.23. The molecule has 1 N–H and O–H groups in total. The lowest BCUT2D eigenvalue weighted by Gasteiger charge is -2.19. The van der Waals surface area contributed by atoms with Crippen molar-refractivity contribution < 1.29 is 23.3 Å². The molecule has 0 saturated carbocycles. The maximum absolute atomic E-state index is 12.9. The van der Waals surface area contributed by atoms with Crippen LogP contribution in [0.3, 0.4) is 0 Å². The van der Waals surface area contributed by atoms with Gasteiger partial charge in [-0.1, -0.05) is 35.5 Å². The Kier molecular flexibility index (Phi) is 4.62. The van der Waals surface area contributed by atoms with Crippen molar-refractivity contribution in [3.05, 3.63) is 72.1 Å². The number of hydrogen-bond donors (Lipinski definition) is 1. The monoisotopic (exact) mass is 418 g/mol. The molecule has 1 atom stereocenters. The maximum atomic E-state index is 12.9. The van der Waals surface area contributed by atoms with Crippen LogP contribution in [0.15, 0.2) is 63.7 Å². The first kappa shape index (κ1) is 18.9. The van der Waals surface area contributed by atoms with Gasteiger partial charge in [-0.15, -0.1) is 0 Å². The van der Waals surface area contributed by atoms with Gasteiger partial charge in [-0.25, -0.2) is 0 Å². The fourth-order valence-electron chi connectivity index (χ4n) is 3.47. The smallest absolute Gasteiger partial charge is 0.293 e. The van der Waals surface area contributed by atoms with E-state index in [0.717, 1.165) is 10.9 Å². The number of nitrogens with zero attached hydrogens (tertiary/aromatic N) is 3. The molecule has 31 heavy (non-hydrogen) atoms. The highest BCUT2D eigenvalue weighted by molar-refractivity contribution is 6.03. The standard InChI is InChI=1S/C22H18N4O5/c1-26-16-10-14-7-8-29-17(14)11-18(16)30-12-15(22(26)28)23-21(27)20-24-19(31-25-20)9-13-5-3-2-4-6-13/h2-8,10-11,15H,9,12H2,1H3,(H,23,27)/t15-/m0/s1. The van der Waals surface area contributed by atoms with Crippen molar-refractivity contribution in [2.75, 3.05) is 18.6 Å². The molecule has 156 valence electrons. The quantitative estimate of drug-likeness (QED) is 0.542. The predicted octanol–water partition coefficient (Wildman–Crippen LogP) is 2.56. The van der Waals surface area contributed by atoms with Crippen molar-refractivity contribution in [2.24, 2.45) is 0 Å². The van der Waals surface area contributed by atoms with E-state index in [9.17, 15) is 9.59 Å². The SMILES string of the molecule is CN1C(=O)[C@@H](NC(=O)c2noc(Cc3ccccc3)n2)COc2cc3occc3cc21. The zero-order valence-electron chi connectivity index (χ0n) is 16.6. The molecule has 0 radical (unpaired) electrons. The number of aromatic nitrogens is 2. The molecule has 9 heteroatoms. The summed E-state index contributed by atoms with van der Waals surface area (Å²) in [5.74, 6) is -0.256. The highest BCUT2D eigenvalue weighted by Gasteiger charge is 2.32. The molecule has 0 spiro atoms. The average Bonchev–Trinajstić information content (AvgIpc) is 3.42. The Bertz CT molecular complexity index is 1260. The average molecular weight is 418 g/mol. The number of ether oxygens (including phenoxy) is 1. The Balaban J connectivity index is 1.31. The molecule has 9 nitrogen and oxygen atoms in total. The molecule has 4 aromatic rings. The van der Waals surface area contributed by atoms with Gasteiger partial charge >= 0.3 is 0 Å². The molecule has 2 amide bonds. The van der Waals surface area contributed by atoms with E-state index in [0.29, 0.717) is 29.3 Å². The summed E-state index contributed by atoms with van der Waals surface area (Å²) in [4.78, 5) is 31.2.